The minimum Gasteiger partial charge on any atom is -0.496 e. The van der Waals surface area contributed by atoms with Crippen molar-refractivity contribution in [2.75, 3.05) is 27.9 Å². The predicted octanol–water partition coefficient (Wildman–Crippen LogP) is 2.93. The molecular formula is C19H19ClN2O5. The summed E-state index contributed by atoms with van der Waals surface area (Å²) in [6, 6.07) is 9.98. The van der Waals surface area contributed by atoms with Gasteiger partial charge in [-0.15, -0.1) is 0 Å². The highest BCUT2D eigenvalue weighted by Crippen LogP contribution is 2.34. The molecule has 0 saturated carbocycles. The fraction of sp³-hybridized carbons (Fsp3) is 0.263. The molecule has 2 aromatic rings. The van der Waals surface area contributed by atoms with E-state index in [0.29, 0.717) is 28.6 Å². The Balaban J connectivity index is 1.98. The van der Waals surface area contributed by atoms with E-state index in [1.54, 1.807) is 24.3 Å². The molecule has 1 N–H and O–H groups in total. The van der Waals surface area contributed by atoms with Crippen LogP contribution in [0.3, 0.4) is 0 Å². The van der Waals surface area contributed by atoms with Gasteiger partial charge >= 0.3 is 0 Å². The number of halogens is 1. The first-order chi connectivity index (χ1) is 13.0. The fourth-order valence-electron chi connectivity index (χ4n) is 2.31. The highest BCUT2D eigenvalue weighted by molar-refractivity contribution is 6.32. The molecule has 2 aromatic carbocycles. The topological polar surface area (TPSA) is 89.8 Å². The molecule has 8 heteroatoms. The summed E-state index contributed by atoms with van der Waals surface area (Å²) in [6.45, 7) is -0.00590. The van der Waals surface area contributed by atoms with Gasteiger partial charge in [-0.3, -0.25) is 4.79 Å². The van der Waals surface area contributed by atoms with Crippen LogP contribution in [0.25, 0.3) is 0 Å². The Kier molecular flexibility index (Phi) is 7.15. The minimum atomic E-state index is -0.340. The van der Waals surface area contributed by atoms with Crippen molar-refractivity contribution in [1.82, 2.24) is 5.32 Å². The first-order valence-electron chi connectivity index (χ1n) is 7.90. The quantitative estimate of drug-likeness (QED) is 0.745. The lowest BCUT2D eigenvalue weighted by atomic mass is 10.1. The Hall–Kier alpha value is -3.11. The highest BCUT2D eigenvalue weighted by atomic mass is 35.5. The second-order valence-electron chi connectivity index (χ2n) is 5.34. The van der Waals surface area contributed by atoms with Crippen LogP contribution in [0.4, 0.5) is 0 Å². The van der Waals surface area contributed by atoms with Gasteiger partial charge < -0.3 is 24.3 Å². The maximum Gasteiger partial charge on any atom is 0.258 e. The zero-order valence-electron chi connectivity index (χ0n) is 15.2. The normalized spacial score (nSPS) is 9.89. The molecule has 0 aliphatic heterocycles. The van der Waals surface area contributed by atoms with Crippen LogP contribution in [0.2, 0.25) is 5.02 Å². The largest absolute Gasteiger partial charge is 0.496 e. The molecule has 27 heavy (non-hydrogen) atoms. The first kappa shape index (κ1) is 20.2. The molecular weight excluding hydrogens is 372 g/mol. The van der Waals surface area contributed by atoms with Crippen molar-refractivity contribution < 1.29 is 23.7 Å². The van der Waals surface area contributed by atoms with Crippen LogP contribution in [0.5, 0.6) is 23.0 Å². The van der Waals surface area contributed by atoms with Crippen LogP contribution in [0.1, 0.15) is 11.1 Å². The van der Waals surface area contributed by atoms with Crippen LogP contribution in [-0.2, 0) is 11.3 Å². The van der Waals surface area contributed by atoms with Gasteiger partial charge in [0.15, 0.2) is 18.1 Å². The lowest BCUT2D eigenvalue weighted by Gasteiger charge is -2.15. The van der Waals surface area contributed by atoms with Crippen molar-refractivity contribution in [1.29, 1.82) is 5.26 Å². The summed E-state index contributed by atoms with van der Waals surface area (Å²) in [5.41, 5.74) is 1.14. The maximum absolute atomic E-state index is 12.1. The van der Waals surface area contributed by atoms with Gasteiger partial charge in [-0.05, 0) is 24.3 Å². The molecule has 0 radical (unpaired) electrons. The molecule has 0 atom stereocenters. The van der Waals surface area contributed by atoms with E-state index < -0.39 is 0 Å². The molecule has 0 saturated heterocycles. The van der Waals surface area contributed by atoms with Gasteiger partial charge in [0.2, 0.25) is 0 Å². The van der Waals surface area contributed by atoms with E-state index in [1.807, 2.05) is 6.07 Å². The number of rotatable bonds is 8. The molecule has 0 unspecified atom stereocenters. The van der Waals surface area contributed by atoms with E-state index >= 15 is 0 Å². The molecule has 0 bridgehead atoms. The molecule has 2 rings (SSSR count). The summed E-state index contributed by atoms with van der Waals surface area (Å²) in [4.78, 5) is 12.1. The minimum absolute atomic E-state index is 0.215. The molecule has 7 nitrogen and oxygen atoms in total. The standard InChI is InChI=1S/C19H19ClN2O5/c1-24-16-8-18(26-3)17(25-2)7-13(16)10-22-19(23)11-27-15-5-4-12(9-21)6-14(15)20/h4-8H,10-11H2,1-3H3,(H,22,23). The molecule has 0 spiro atoms. The summed E-state index contributed by atoms with van der Waals surface area (Å²) in [5, 5.41) is 11.8. The number of nitrogens with zero attached hydrogens (tertiary/aromatic N) is 1. The van der Waals surface area contributed by atoms with Crippen LogP contribution < -0.4 is 24.3 Å². The van der Waals surface area contributed by atoms with E-state index in [2.05, 4.69) is 5.32 Å². The number of methoxy groups -OCH3 is 3. The summed E-state index contributed by atoms with van der Waals surface area (Å²) in [6.07, 6.45) is 0. The van der Waals surface area contributed by atoms with Crippen LogP contribution >= 0.6 is 11.6 Å². The fourth-order valence-corrected chi connectivity index (χ4v) is 2.54. The summed E-state index contributed by atoms with van der Waals surface area (Å²) in [5.74, 6) is 1.61. The Labute approximate surface area is 162 Å². The SMILES string of the molecule is COc1cc(OC)c(OC)cc1CNC(=O)COc1ccc(C#N)cc1Cl. The van der Waals surface area contributed by atoms with Crippen LogP contribution in [-0.4, -0.2) is 33.8 Å². The van der Waals surface area contributed by atoms with Gasteiger partial charge in [-0.2, -0.15) is 5.26 Å². The lowest BCUT2D eigenvalue weighted by Crippen LogP contribution is -2.28. The Morgan fingerprint density at radius 2 is 1.70 bits per heavy atom. The van der Waals surface area contributed by atoms with Crippen molar-refractivity contribution in [3.05, 3.63) is 46.5 Å². The zero-order chi connectivity index (χ0) is 19.8. The highest BCUT2D eigenvalue weighted by Gasteiger charge is 2.13. The van der Waals surface area contributed by atoms with Gasteiger partial charge in [0.05, 0.1) is 38.0 Å². The number of nitrogens with one attached hydrogen (secondary N) is 1. The van der Waals surface area contributed by atoms with Crippen molar-refractivity contribution in [3.63, 3.8) is 0 Å². The van der Waals surface area contributed by atoms with Crippen LogP contribution in [0.15, 0.2) is 30.3 Å². The number of hydrogen-bond acceptors (Lipinski definition) is 6. The third-order valence-electron chi connectivity index (χ3n) is 3.68. The molecule has 0 fully saturated rings. The molecule has 1 amide bonds. The molecule has 142 valence electrons. The predicted molar refractivity (Wildman–Crippen MR) is 99.6 cm³/mol. The average molecular weight is 391 g/mol. The number of hydrogen-bond donors (Lipinski definition) is 1. The average Bonchev–Trinajstić information content (AvgIpc) is 2.70. The van der Waals surface area contributed by atoms with Crippen molar-refractivity contribution in [2.24, 2.45) is 0 Å². The molecule has 0 aromatic heterocycles. The van der Waals surface area contributed by atoms with Gasteiger partial charge in [0.25, 0.3) is 5.91 Å². The molecule has 0 aliphatic carbocycles. The molecule has 0 aliphatic rings. The number of nitriles is 1. The Bertz CT molecular complexity index is 864. The third kappa shape index (κ3) is 5.19. The van der Waals surface area contributed by atoms with Gasteiger partial charge in [-0.25, -0.2) is 0 Å². The number of amides is 1. The van der Waals surface area contributed by atoms with E-state index in [9.17, 15) is 4.79 Å². The smallest absolute Gasteiger partial charge is 0.258 e. The number of carbonyl (C=O) groups excluding carboxylic acids is 1. The first-order valence-corrected chi connectivity index (χ1v) is 8.28. The third-order valence-corrected chi connectivity index (χ3v) is 3.98. The number of carbonyl (C=O) groups is 1. The number of benzene rings is 2. The zero-order valence-corrected chi connectivity index (χ0v) is 15.9. The van der Waals surface area contributed by atoms with Crippen LogP contribution in [0, 0.1) is 11.3 Å². The van der Waals surface area contributed by atoms with Crippen molar-refractivity contribution in [2.45, 2.75) is 6.54 Å². The second-order valence-corrected chi connectivity index (χ2v) is 5.75. The van der Waals surface area contributed by atoms with Gasteiger partial charge in [0, 0.05) is 18.2 Å². The van der Waals surface area contributed by atoms with E-state index in [-0.39, 0.29) is 24.1 Å². The number of ether oxygens (including phenoxy) is 4. The monoisotopic (exact) mass is 390 g/mol. The summed E-state index contributed by atoms with van der Waals surface area (Å²) in [7, 11) is 4.59. The van der Waals surface area contributed by atoms with E-state index in [0.717, 1.165) is 5.56 Å². The van der Waals surface area contributed by atoms with Crippen molar-refractivity contribution in [3.8, 4) is 29.1 Å². The van der Waals surface area contributed by atoms with E-state index in [1.165, 1.54) is 27.4 Å². The Morgan fingerprint density at radius 1 is 1.04 bits per heavy atom. The van der Waals surface area contributed by atoms with Gasteiger partial charge in [0.1, 0.15) is 11.5 Å². The lowest BCUT2D eigenvalue weighted by molar-refractivity contribution is -0.123. The second kappa shape index (κ2) is 9.55. The van der Waals surface area contributed by atoms with Gasteiger partial charge in [-0.1, -0.05) is 11.6 Å². The summed E-state index contributed by atoms with van der Waals surface area (Å²) < 4.78 is 21.2. The molecule has 0 heterocycles. The van der Waals surface area contributed by atoms with Crippen molar-refractivity contribution >= 4 is 17.5 Å². The Morgan fingerprint density at radius 3 is 2.30 bits per heavy atom. The maximum atomic E-state index is 12.1. The van der Waals surface area contributed by atoms with E-state index in [4.69, 9.17) is 35.8 Å². The summed E-state index contributed by atoms with van der Waals surface area (Å²) >= 11 is 6.02.